The van der Waals surface area contributed by atoms with Crippen LogP contribution in [0.1, 0.15) is 47.0 Å². The Hall–Kier alpha value is -0.140. The highest BCUT2D eigenvalue weighted by molar-refractivity contribution is 5.00. The summed E-state index contributed by atoms with van der Waals surface area (Å²) in [5.41, 5.74) is -0.0718. The molecule has 0 N–H and O–H groups in total. The summed E-state index contributed by atoms with van der Waals surface area (Å²) in [7, 11) is 0. The minimum absolute atomic E-state index is 0.0718. The molecule has 78 valence electrons. The zero-order chi connectivity index (χ0) is 10.3. The first-order valence-electron chi connectivity index (χ1n) is 5.15. The van der Waals surface area contributed by atoms with Crippen LogP contribution in [0.3, 0.4) is 0 Å². The monoisotopic (exact) mass is 190 g/mol. The van der Waals surface area contributed by atoms with Crippen molar-refractivity contribution in [2.75, 3.05) is 0 Å². The largest absolute Gasteiger partial charge is 0.249 e. The topological polar surface area (TPSA) is 0 Å². The van der Waals surface area contributed by atoms with Crippen LogP contribution in [0.5, 0.6) is 0 Å². The van der Waals surface area contributed by atoms with Gasteiger partial charge in [-0.05, 0) is 23.7 Å². The summed E-state index contributed by atoms with van der Waals surface area (Å²) < 4.78 is 25.7. The second-order valence-electron chi connectivity index (χ2n) is 5.32. The summed E-state index contributed by atoms with van der Waals surface area (Å²) in [5, 5.41) is 0. The lowest BCUT2D eigenvalue weighted by Crippen LogP contribution is -2.49. The van der Waals surface area contributed by atoms with E-state index in [-0.39, 0.29) is 18.3 Å². The van der Waals surface area contributed by atoms with Crippen LogP contribution in [-0.2, 0) is 0 Å². The molecule has 13 heavy (non-hydrogen) atoms. The molecule has 1 rings (SSSR count). The summed E-state index contributed by atoms with van der Waals surface area (Å²) in [6, 6.07) is 0. The van der Waals surface area contributed by atoms with E-state index < -0.39 is 5.92 Å². The Bertz CT molecular complexity index is 169. The van der Waals surface area contributed by atoms with E-state index in [4.69, 9.17) is 0 Å². The van der Waals surface area contributed by atoms with E-state index in [1.54, 1.807) is 0 Å². The average Bonchev–Trinajstić information content (AvgIpc) is 1.80. The van der Waals surface area contributed by atoms with Crippen molar-refractivity contribution in [1.82, 2.24) is 0 Å². The Morgan fingerprint density at radius 1 is 1.08 bits per heavy atom. The molecule has 1 aliphatic rings. The van der Waals surface area contributed by atoms with E-state index in [9.17, 15) is 8.78 Å². The van der Waals surface area contributed by atoms with Gasteiger partial charge in [-0.3, -0.25) is 0 Å². The van der Waals surface area contributed by atoms with Gasteiger partial charge in [0, 0.05) is 12.8 Å². The Labute approximate surface area is 79.7 Å². The lowest BCUT2D eigenvalue weighted by molar-refractivity contribution is -0.185. The third-order valence-corrected chi connectivity index (χ3v) is 3.26. The first kappa shape index (κ1) is 10.9. The van der Waals surface area contributed by atoms with Crippen molar-refractivity contribution in [3.63, 3.8) is 0 Å². The molecule has 0 saturated heterocycles. The van der Waals surface area contributed by atoms with Crippen LogP contribution >= 0.6 is 0 Å². The van der Waals surface area contributed by atoms with Gasteiger partial charge in [-0.2, -0.15) is 0 Å². The molecule has 0 spiro atoms. The minimum Gasteiger partial charge on any atom is -0.207 e. The molecule has 1 fully saturated rings. The predicted molar refractivity (Wildman–Crippen MR) is 50.9 cm³/mol. The number of hydrogen-bond donors (Lipinski definition) is 0. The molecule has 2 heteroatoms. The summed E-state index contributed by atoms with van der Waals surface area (Å²) in [5.74, 6) is -1.47. The molecule has 0 bridgehead atoms. The van der Waals surface area contributed by atoms with E-state index in [0.29, 0.717) is 11.8 Å². The van der Waals surface area contributed by atoms with Crippen molar-refractivity contribution in [3.8, 4) is 0 Å². The van der Waals surface area contributed by atoms with Crippen molar-refractivity contribution in [1.29, 1.82) is 0 Å². The van der Waals surface area contributed by atoms with Gasteiger partial charge in [0.05, 0.1) is 0 Å². The van der Waals surface area contributed by atoms with Crippen LogP contribution in [0.15, 0.2) is 0 Å². The van der Waals surface area contributed by atoms with Gasteiger partial charge in [0.25, 0.3) is 0 Å². The lowest BCUT2D eigenvalue weighted by atomic mass is 9.57. The highest BCUT2D eigenvalue weighted by Crippen LogP contribution is 2.58. The van der Waals surface area contributed by atoms with E-state index in [1.807, 2.05) is 0 Å². The standard InChI is InChI=1S/C11H20F2/c1-8(2)5-10(9(3)4)6-11(12,13)7-10/h8-9H,5-7H2,1-4H3. The molecular formula is C11H20F2. The zero-order valence-corrected chi connectivity index (χ0v) is 9.03. The Morgan fingerprint density at radius 2 is 1.54 bits per heavy atom. The van der Waals surface area contributed by atoms with Gasteiger partial charge < -0.3 is 0 Å². The van der Waals surface area contributed by atoms with Gasteiger partial charge in [0.15, 0.2) is 0 Å². The first-order valence-corrected chi connectivity index (χ1v) is 5.15. The maximum absolute atomic E-state index is 12.8. The highest BCUT2D eigenvalue weighted by Gasteiger charge is 2.57. The van der Waals surface area contributed by atoms with Gasteiger partial charge in [-0.15, -0.1) is 0 Å². The molecule has 0 radical (unpaired) electrons. The Kier molecular flexibility index (Phi) is 2.70. The van der Waals surface area contributed by atoms with Crippen LogP contribution in [0.4, 0.5) is 8.78 Å². The number of alkyl halides is 2. The Morgan fingerprint density at radius 3 is 1.77 bits per heavy atom. The molecule has 0 amide bonds. The smallest absolute Gasteiger partial charge is 0.207 e. The van der Waals surface area contributed by atoms with E-state index in [0.717, 1.165) is 6.42 Å². The second kappa shape index (κ2) is 3.21. The third kappa shape index (κ3) is 2.21. The van der Waals surface area contributed by atoms with Crippen LogP contribution < -0.4 is 0 Å². The molecule has 0 aromatic rings. The van der Waals surface area contributed by atoms with Crippen LogP contribution in [0, 0.1) is 17.3 Å². The summed E-state index contributed by atoms with van der Waals surface area (Å²) in [6.45, 7) is 8.36. The average molecular weight is 190 g/mol. The van der Waals surface area contributed by atoms with Crippen LogP contribution in [-0.4, -0.2) is 5.92 Å². The molecule has 1 saturated carbocycles. The van der Waals surface area contributed by atoms with Gasteiger partial charge in [-0.25, -0.2) is 8.78 Å². The lowest BCUT2D eigenvalue weighted by Gasteiger charge is -2.51. The third-order valence-electron chi connectivity index (χ3n) is 3.26. The van der Waals surface area contributed by atoms with Gasteiger partial charge in [0.1, 0.15) is 0 Å². The fourth-order valence-corrected chi connectivity index (χ4v) is 2.58. The quantitative estimate of drug-likeness (QED) is 0.628. The first-order chi connectivity index (χ1) is 5.77. The number of hydrogen-bond acceptors (Lipinski definition) is 0. The summed E-state index contributed by atoms with van der Waals surface area (Å²) >= 11 is 0. The van der Waals surface area contributed by atoms with Crippen molar-refractivity contribution in [2.45, 2.75) is 52.9 Å². The Balaban J connectivity index is 2.60. The van der Waals surface area contributed by atoms with Gasteiger partial charge in [0.2, 0.25) is 5.92 Å². The number of halogens is 2. The molecule has 0 nitrogen and oxygen atoms in total. The second-order valence-corrected chi connectivity index (χ2v) is 5.32. The molecule has 0 aromatic heterocycles. The van der Waals surface area contributed by atoms with Crippen molar-refractivity contribution < 1.29 is 8.78 Å². The molecule has 0 unspecified atom stereocenters. The van der Waals surface area contributed by atoms with Crippen molar-refractivity contribution >= 4 is 0 Å². The molecule has 0 atom stereocenters. The SMILES string of the molecule is CC(C)CC1(C(C)C)CC(F)(F)C1. The van der Waals surface area contributed by atoms with E-state index in [2.05, 4.69) is 27.7 Å². The van der Waals surface area contributed by atoms with Gasteiger partial charge in [-0.1, -0.05) is 27.7 Å². The maximum Gasteiger partial charge on any atom is 0.249 e. The maximum atomic E-state index is 12.8. The minimum atomic E-state index is -2.38. The van der Waals surface area contributed by atoms with E-state index >= 15 is 0 Å². The molecule has 0 aromatic carbocycles. The normalized spacial score (nSPS) is 24.9. The van der Waals surface area contributed by atoms with Crippen molar-refractivity contribution in [3.05, 3.63) is 0 Å². The molecular weight excluding hydrogens is 170 g/mol. The fraction of sp³-hybridized carbons (Fsp3) is 1.00. The predicted octanol–water partition coefficient (Wildman–Crippen LogP) is 4.10. The number of rotatable bonds is 3. The summed E-state index contributed by atoms with van der Waals surface area (Å²) in [4.78, 5) is 0. The van der Waals surface area contributed by atoms with Gasteiger partial charge >= 0.3 is 0 Å². The highest BCUT2D eigenvalue weighted by atomic mass is 19.3. The summed E-state index contributed by atoms with van der Waals surface area (Å²) in [6.07, 6.45) is 1.16. The molecule has 0 aliphatic heterocycles. The van der Waals surface area contributed by atoms with Crippen LogP contribution in [0.2, 0.25) is 0 Å². The molecule has 1 aliphatic carbocycles. The molecule has 0 heterocycles. The fourth-order valence-electron chi connectivity index (χ4n) is 2.58. The van der Waals surface area contributed by atoms with E-state index in [1.165, 1.54) is 0 Å². The van der Waals surface area contributed by atoms with Crippen LogP contribution in [0.25, 0.3) is 0 Å². The zero-order valence-electron chi connectivity index (χ0n) is 9.03. The van der Waals surface area contributed by atoms with Crippen molar-refractivity contribution in [2.24, 2.45) is 17.3 Å².